The van der Waals surface area contributed by atoms with Crippen molar-refractivity contribution in [2.45, 2.75) is 44.2 Å². The van der Waals surface area contributed by atoms with Gasteiger partial charge in [-0.3, -0.25) is 0 Å². The van der Waals surface area contributed by atoms with E-state index in [1.54, 1.807) is 0 Å². The van der Waals surface area contributed by atoms with E-state index in [0.29, 0.717) is 12.1 Å². The van der Waals surface area contributed by atoms with Gasteiger partial charge in [0.25, 0.3) is 0 Å². The second-order valence-electron chi connectivity index (χ2n) is 5.85. The Morgan fingerprint density at radius 2 is 1.33 bits per heavy atom. The first-order valence-electron chi connectivity index (χ1n) is 7.74. The molecule has 1 fully saturated rings. The predicted octanol–water partition coefficient (Wildman–Crippen LogP) is 4.40. The van der Waals surface area contributed by atoms with E-state index < -0.39 is 0 Å². The largest absolute Gasteiger partial charge is 0.311 e. The van der Waals surface area contributed by atoms with Gasteiger partial charge in [0.2, 0.25) is 0 Å². The van der Waals surface area contributed by atoms with E-state index in [4.69, 9.17) is 0 Å². The van der Waals surface area contributed by atoms with Crippen LogP contribution >= 0.6 is 12.4 Å². The first-order chi connectivity index (χ1) is 9.90. The van der Waals surface area contributed by atoms with Crippen LogP contribution in [-0.2, 0) is 12.8 Å². The Hall–Kier alpha value is -1.31. The van der Waals surface area contributed by atoms with Gasteiger partial charge >= 0.3 is 0 Å². The van der Waals surface area contributed by atoms with E-state index >= 15 is 0 Å². The number of benzene rings is 2. The van der Waals surface area contributed by atoms with Crippen LogP contribution in [0.2, 0.25) is 0 Å². The van der Waals surface area contributed by atoms with Crippen molar-refractivity contribution >= 4 is 12.4 Å². The molecule has 112 valence electrons. The van der Waals surface area contributed by atoms with Crippen molar-refractivity contribution in [3.63, 3.8) is 0 Å². The van der Waals surface area contributed by atoms with Crippen molar-refractivity contribution in [1.82, 2.24) is 5.32 Å². The third-order valence-electron chi connectivity index (χ3n) is 4.28. The van der Waals surface area contributed by atoms with E-state index in [0.717, 1.165) is 0 Å². The lowest BCUT2D eigenvalue weighted by Crippen LogP contribution is -2.31. The number of nitrogens with one attached hydrogen (secondary N) is 1. The molecule has 1 nitrogen and oxygen atoms in total. The Labute approximate surface area is 134 Å². The fraction of sp³-hybridized carbons (Fsp3) is 0.368. The topological polar surface area (TPSA) is 12.0 Å². The van der Waals surface area contributed by atoms with Gasteiger partial charge in [0, 0.05) is 12.1 Å². The molecule has 2 aromatic rings. The summed E-state index contributed by atoms with van der Waals surface area (Å²) in [6.45, 7) is 0. The summed E-state index contributed by atoms with van der Waals surface area (Å²) in [7, 11) is 0. The van der Waals surface area contributed by atoms with Crippen molar-refractivity contribution < 1.29 is 0 Å². The van der Waals surface area contributed by atoms with Gasteiger partial charge in [0.15, 0.2) is 0 Å². The highest BCUT2D eigenvalue weighted by Gasteiger charge is 2.23. The summed E-state index contributed by atoms with van der Waals surface area (Å²) in [5.74, 6) is 0. The van der Waals surface area contributed by atoms with Crippen molar-refractivity contribution in [3.05, 3.63) is 71.8 Å². The maximum atomic E-state index is 3.81. The molecule has 0 saturated carbocycles. The third kappa shape index (κ3) is 4.87. The Morgan fingerprint density at radius 1 is 0.762 bits per heavy atom. The standard InChI is InChI=1S/C19H23N.ClH/c1-3-7-16(8-4-1)11-12-18-13-14-19(20-18)15-17-9-5-2-6-10-17;/h1-10,18-20H,11-15H2;1H. The minimum Gasteiger partial charge on any atom is -0.311 e. The van der Waals surface area contributed by atoms with Crippen LogP contribution in [0.5, 0.6) is 0 Å². The van der Waals surface area contributed by atoms with Gasteiger partial charge in [-0.05, 0) is 43.2 Å². The van der Waals surface area contributed by atoms with Gasteiger partial charge in [-0.2, -0.15) is 0 Å². The minimum atomic E-state index is 0. The maximum Gasteiger partial charge on any atom is 0.0111 e. The van der Waals surface area contributed by atoms with Gasteiger partial charge in [-0.15, -0.1) is 12.4 Å². The molecule has 2 atom stereocenters. The average molecular weight is 302 g/mol. The Morgan fingerprint density at radius 3 is 2.00 bits per heavy atom. The van der Waals surface area contributed by atoms with Gasteiger partial charge in [-0.1, -0.05) is 60.7 Å². The second-order valence-corrected chi connectivity index (χ2v) is 5.85. The third-order valence-corrected chi connectivity index (χ3v) is 4.28. The molecule has 1 saturated heterocycles. The van der Waals surface area contributed by atoms with Crippen LogP contribution in [0.25, 0.3) is 0 Å². The van der Waals surface area contributed by atoms with Crippen LogP contribution in [0.3, 0.4) is 0 Å². The lowest BCUT2D eigenvalue weighted by molar-refractivity contribution is 0.509. The van der Waals surface area contributed by atoms with Crippen LogP contribution in [0.1, 0.15) is 30.4 Å². The minimum absolute atomic E-state index is 0. The monoisotopic (exact) mass is 301 g/mol. The molecule has 0 aliphatic carbocycles. The summed E-state index contributed by atoms with van der Waals surface area (Å²) in [6.07, 6.45) is 6.26. The molecule has 3 rings (SSSR count). The number of aryl methyl sites for hydroxylation is 1. The molecule has 1 aliphatic rings. The summed E-state index contributed by atoms with van der Waals surface area (Å²) in [6, 6.07) is 23.0. The number of rotatable bonds is 5. The van der Waals surface area contributed by atoms with Gasteiger partial charge < -0.3 is 5.32 Å². The lowest BCUT2D eigenvalue weighted by Gasteiger charge is -2.14. The number of halogens is 1. The number of hydrogen-bond acceptors (Lipinski definition) is 1. The molecule has 21 heavy (non-hydrogen) atoms. The zero-order chi connectivity index (χ0) is 13.6. The zero-order valence-electron chi connectivity index (χ0n) is 12.4. The Bertz CT molecular complexity index is 512. The Balaban J connectivity index is 0.00000161. The molecule has 2 heteroatoms. The molecule has 1 heterocycles. The highest BCUT2D eigenvalue weighted by molar-refractivity contribution is 5.85. The quantitative estimate of drug-likeness (QED) is 0.863. The van der Waals surface area contributed by atoms with Crippen LogP contribution in [-0.4, -0.2) is 12.1 Å². The zero-order valence-corrected chi connectivity index (χ0v) is 13.2. The Kier molecular flexibility index (Phi) is 6.28. The molecule has 0 spiro atoms. The fourth-order valence-corrected chi connectivity index (χ4v) is 3.18. The van der Waals surface area contributed by atoms with E-state index in [2.05, 4.69) is 66.0 Å². The number of hydrogen-bond donors (Lipinski definition) is 1. The normalized spacial score (nSPS) is 21.0. The van der Waals surface area contributed by atoms with E-state index in [-0.39, 0.29) is 12.4 Å². The smallest absolute Gasteiger partial charge is 0.0111 e. The maximum absolute atomic E-state index is 3.81. The molecular formula is C19H24ClN. The van der Waals surface area contributed by atoms with Crippen molar-refractivity contribution in [2.24, 2.45) is 0 Å². The highest BCUT2D eigenvalue weighted by Crippen LogP contribution is 2.20. The van der Waals surface area contributed by atoms with Gasteiger partial charge in [-0.25, -0.2) is 0 Å². The summed E-state index contributed by atoms with van der Waals surface area (Å²) < 4.78 is 0. The van der Waals surface area contributed by atoms with Crippen molar-refractivity contribution in [3.8, 4) is 0 Å². The first kappa shape index (κ1) is 16.1. The molecule has 0 aromatic heterocycles. The summed E-state index contributed by atoms with van der Waals surface area (Å²) in [5.41, 5.74) is 2.91. The lowest BCUT2D eigenvalue weighted by atomic mass is 10.0. The molecule has 0 bridgehead atoms. The molecule has 0 radical (unpaired) electrons. The van der Waals surface area contributed by atoms with Crippen LogP contribution in [0.4, 0.5) is 0 Å². The van der Waals surface area contributed by atoms with E-state index in [1.165, 1.54) is 43.2 Å². The molecule has 2 unspecified atom stereocenters. The van der Waals surface area contributed by atoms with Crippen molar-refractivity contribution in [1.29, 1.82) is 0 Å². The SMILES string of the molecule is Cl.c1ccc(CCC2CCC(Cc3ccccc3)N2)cc1. The predicted molar refractivity (Wildman–Crippen MR) is 92.1 cm³/mol. The molecule has 1 N–H and O–H groups in total. The summed E-state index contributed by atoms with van der Waals surface area (Å²) in [4.78, 5) is 0. The van der Waals surface area contributed by atoms with E-state index in [9.17, 15) is 0 Å². The molecule has 2 aromatic carbocycles. The highest BCUT2D eigenvalue weighted by atomic mass is 35.5. The second kappa shape index (κ2) is 8.21. The van der Waals surface area contributed by atoms with E-state index in [1.807, 2.05) is 0 Å². The van der Waals surface area contributed by atoms with Crippen LogP contribution in [0.15, 0.2) is 60.7 Å². The van der Waals surface area contributed by atoms with Gasteiger partial charge in [0.05, 0.1) is 0 Å². The van der Waals surface area contributed by atoms with Crippen LogP contribution < -0.4 is 5.32 Å². The van der Waals surface area contributed by atoms with Crippen LogP contribution in [0, 0.1) is 0 Å². The van der Waals surface area contributed by atoms with Gasteiger partial charge in [0.1, 0.15) is 0 Å². The summed E-state index contributed by atoms with van der Waals surface area (Å²) in [5, 5.41) is 3.81. The molecular weight excluding hydrogens is 278 g/mol. The molecule has 0 amide bonds. The fourth-order valence-electron chi connectivity index (χ4n) is 3.18. The summed E-state index contributed by atoms with van der Waals surface area (Å²) >= 11 is 0. The first-order valence-corrected chi connectivity index (χ1v) is 7.74. The average Bonchev–Trinajstić information content (AvgIpc) is 2.95. The van der Waals surface area contributed by atoms with Crippen molar-refractivity contribution in [2.75, 3.05) is 0 Å². The molecule has 1 aliphatic heterocycles.